The van der Waals surface area contributed by atoms with Crippen molar-refractivity contribution in [3.05, 3.63) is 72.1 Å². The summed E-state index contributed by atoms with van der Waals surface area (Å²) in [5.74, 6) is 0. The Kier molecular flexibility index (Phi) is 7.01. The Morgan fingerprint density at radius 1 is 0.800 bits per heavy atom. The van der Waals surface area contributed by atoms with E-state index in [2.05, 4.69) is 58.5 Å². The lowest BCUT2D eigenvalue weighted by Gasteiger charge is -2.11. The normalized spacial score (nSPS) is 10.7. The van der Waals surface area contributed by atoms with Crippen LogP contribution >= 0.6 is 0 Å². The molecule has 1 aromatic heterocycles. The van der Waals surface area contributed by atoms with Crippen molar-refractivity contribution in [2.75, 3.05) is 19.0 Å². The highest BCUT2D eigenvalue weighted by Crippen LogP contribution is 2.13. The van der Waals surface area contributed by atoms with Gasteiger partial charge in [-0.3, -0.25) is 0 Å². The van der Waals surface area contributed by atoms with Crippen LogP contribution in [0.4, 0.5) is 5.69 Å². The van der Waals surface area contributed by atoms with Gasteiger partial charge in [0.05, 0.1) is 0 Å². The van der Waals surface area contributed by atoms with E-state index < -0.39 is 0 Å². The van der Waals surface area contributed by atoms with E-state index in [1.807, 2.05) is 38.6 Å². The summed E-state index contributed by atoms with van der Waals surface area (Å²) in [4.78, 5) is 5.10. The monoisotopic (exact) mass is 378 g/mol. The molecule has 2 rings (SSSR count). The van der Waals surface area contributed by atoms with Gasteiger partial charge in [-0.15, -0.1) is 0 Å². The van der Waals surface area contributed by atoms with Crippen molar-refractivity contribution in [1.29, 1.82) is 0 Å². The van der Waals surface area contributed by atoms with Gasteiger partial charge in [0.1, 0.15) is 0 Å². The molecule has 2 aromatic rings. The minimum Gasteiger partial charge on any atom is -1.00 e. The van der Waals surface area contributed by atoms with Crippen molar-refractivity contribution >= 4 is 17.8 Å². The molecule has 3 heteroatoms. The largest absolute Gasteiger partial charge is 1.00 e. The molecule has 2 nitrogen and oxygen atoms in total. The van der Waals surface area contributed by atoms with Gasteiger partial charge in [-0.05, 0) is 23.3 Å². The Labute approximate surface area is 137 Å². The number of rotatable bonds is 4. The minimum absolute atomic E-state index is 0. The molecule has 1 heterocycles. The lowest BCUT2D eigenvalue weighted by Crippen LogP contribution is -3.00. The topological polar surface area (TPSA) is 17.4 Å². The van der Waals surface area contributed by atoms with Crippen LogP contribution in [0, 0.1) is 0 Å². The summed E-state index contributed by atoms with van der Waals surface area (Å²) in [6.45, 7) is 0. The predicted octanol–water partition coefficient (Wildman–Crippen LogP) is 0.297. The number of anilines is 1. The van der Waals surface area contributed by atoms with Crippen LogP contribution < -0.4 is 33.9 Å². The smallest absolute Gasteiger partial charge is 0.167 e. The zero-order valence-corrected chi connectivity index (χ0v) is 13.9. The fourth-order valence-electron chi connectivity index (χ4n) is 1.73. The standard InChI is InChI=1S/C17H18N2.HI/c1-19(2)17-9-7-15(8-10-17)5-3-4-6-16-11-13-18-14-12-16;/h3-14H,1-2H3;1H/b5-3+,6-4+;. The molecule has 0 amide bonds. The van der Waals surface area contributed by atoms with E-state index in [4.69, 9.17) is 0 Å². The highest BCUT2D eigenvalue weighted by Gasteiger charge is 1.92. The molecule has 0 atom stereocenters. The molecule has 0 unspecified atom stereocenters. The SMILES string of the molecule is CN(C)c1ccc(/C=C/C=C/c2cc[nH+]cc2)cc1.[I-]. The molecule has 0 aliphatic rings. The summed E-state index contributed by atoms with van der Waals surface area (Å²) in [6.07, 6.45) is 12.1. The maximum absolute atomic E-state index is 3.01. The van der Waals surface area contributed by atoms with Gasteiger partial charge in [0.2, 0.25) is 0 Å². The number of hydrogen-bond acceptors (Lipinski definition) is 1. The number of halogens is 1. The molecule has 0 saturated heterocycles. The molecule has 1 N–H and O–H groups in total. The molecule has 0 spiro atoms. The lowest BCUT2D eigenvalue weighted by atomic mass is 10.2. The number of H-pyrrole nitrogens is 1. The van der Waals surface area contributed by atoms with Crippen LogP contribution in [0.25, 0.3) is 12.2 Å². The second-order valence-corrected chi connectivity index (χ2v) is 4.54. The van der Waals surface area contributed by atoms with E-state index in [0.717, 1.165) is 0 Å². The first-order valence-corrected chi connectivity index (χ1v) is 6.34. The fraction of sp³-hybridized carbons (Fsp3) is 0.118. The van der Waals surface area contributed by atoms with Crippen molar-refractivity contribution in [2.45, 2.75) is 0 Å². The predicted molar refractivity (Wildman–Crippen MR) is 81.8 cm³/mol. The first-order valence-electron chi connectivity index (χ1n) is 6.34. The average molecular weight is 378 g/mol. The number of allylic oxidation sites excluding steroid dienone is 2. The highest BCUT2D eigenvalue weighted by atomic mass is 127. The van der Waals surface area contributed by atoms with Gasteiger partial charge in [0.15, 0.2) is 12.4 Å². The Bertz CT molecular complexity index is 557. The molecule has 0 aliphatic carbocycles. The molecule has 0 fully saturated rings. The molecule has 0 bridgehead atoms. The van der Waals surface area contributed by atoms with Gasteiger partial charge in [-0.2, -0.15) is 0 Å². The molecule has 0 radical (unpaired) electrons. The van der Waals surface area contributed by atoms with E-state index in [-0.39, 0.29) is 24.0 Å². The number of nitrogens with zero attached hydrogens (tertiary/aromatic N) is 1. The number of pyridine rings is 1. The van der Waals surface area contributed by atoms with Crippen LogP contribution in [0.5, 0.6) is 0 Å². The van der Waals surface area contributed by atoms with Crippen molar-refractivity contribution in [2.24, 2.45) is 0 Å². The molecule has 0 saturated carbocycles. The van der Waals surface area contributed by atoms with Gasteiger partial charge in [0, 0.05) is 31.9 Å². The quantitative estimate of drug-likeness (QED) is 0.553. The first kappa shape index (κ1) is 16.4. The lowest BCUT2D eigenvalue weighted by molar-refractivity contribution is -0.378. The summed E-state index contributed by atoms with van der Waals surface area (Å²) < 4.78 is 0. The van der Waals surface area contributed by atoms with E-state index in [0.29, 0.717) is 0 Å². The van der Waals surface area contributed by atoms with Crippen molar-refractivity contribution in [3.8, 4) is 0 Å². The third-order valence-electron chi connectivity index (χ3n) is 2.84. The molecule has 0 aliphatic heterocycles. The van der Waals surface area contributed by atoms with Crippen LogP contribution in [0.2, 0.25) is 0 Å². The number of benzene rings is 1. The summed E-state index contributed by atoms with van der Waals surface area (Å²) in [5.41, 5.74) is 3.61. The molecule has 104 valence electrons. The number of nitrogens with one attached hydrogen (secondary N) is 1. The van der Waals surface area contributed by atoms with Crippen molar-refractivity contribution in [3.63, 3.8) is 0 Å². The van der Waals surface area contributed by atoms with E-state index in [1.165, 1.54) is 16.8 Å². The Morgan fingerprint density at radius 2 is 1.30 bits per heavy atom. The van der Waals surface area contributed by atoms with Crippen molar-refractivity contribution < 1.29 is 29.0 Å². The highest BCUT2D eigenvalue weighted by molar-refractivity contribution is 5.59. The van der Waals surface area contributed by atoms with Gasteiger partial charge >= 0.3 is 0 Å². The van der Waals surface area contributed by atoms with Crippen LogP contribution in [0.3, 0.4) is 0 Å². The van der Waals surface area contributed by atoms with Gasteiger partial charge < -0.3 is 28.9 Å². The second kappa shape index (κ2) is 8.53. The Hall–Kier alpha value is -1.62. The van der Waals surface area contributed by atoms with Crippen LogP contribution in [-0.2, 0) is 0 Å². The summed E-state index contributed by atoms with van der Waals surface area (Å²) in [5, 5.41) is 0. The van der Waals surface area contributed by atoms with Gasteiger partial charge in [-0.1, -0.05) is 36.4 Å². The first-order chi connectivity index (χ1) is 9.25. The maximum Gasteiger partial charge on any atom is 0.167 e. The zero-order valence-electron chi connectivity index (χ0n) is 11.8. The molecule has 1 aromatic carbocycles. The van der Waals surface area contributed by atoms with Crippen LogP contribution in [0.1, 0.15) is 11.1 Å². The number of aromatic amines is 1. The van der Waals surface area contributed by atoms with Crippen LogP contribution in [-0.4, -0.2) is 14.1 Å². The third-order valence-corrected chi connectivity index (χ3v) is 2.84. The van der Waals surface area contributed by atoms with E-state index >= 15 is 0 Å². The minimum atomic E-state index is 0. The molecular formula is C17H19IN2. The Balaban J connectivity index is 0.00000200. The Morgan fingerprint density at radius 3 is 1.80 bits per heavy atom. The second-order valence-electron chi connectivity index (χ2n) is 4.54. The molecular weight excluding hydrogens is 359 g/mol. The third kappa shape index (κ3) is 5.17. The number of aromatic nitrogens is 1. The summed E-state index contributed by atoms with van der Waals surface area (Å²) in [6, 6.07) is 12.6. The van der Waals surface area contributed by atoms with Gasteiger partial charge in [0.25, 0.3) is 0 Å². The van der Waals surface area contributed by atoms with Crippen LogP contribution in [0.15, 0.2) is 60.9 Å². The average Bonchev–Trinajstić information content (AvgIpc) is 2.45. The molecule has 20 heavy (non-hydrogen) atoms. The summed E-state index contributed by atoms with van der Waals surface area (Å²) in [7, 11) is 4.09. The fourth-order valence-corrected chi connectivity index (χ4v) is 1.73. The van der Waals surface area contributed by atoms with Crippen molar-refractivity contribution in [1.82, 2.24) is 0 Å². The summed E-state index contributed by atoms with van der Waals surface area (Å²) >= 11 is 0. The van der Waals surface area contributed by atoms with E-state index in [1.54, 1.807) is 0 Å². The number of hydrogen-bond donors (Lipinski definition) is 0. The van der Waals surface area contributed by atoms with E-state index in [9.17, 15) is 0 Å². The maximum atomic E-state index is 3.01. The zero-order chi connectivity index (χ0) is 13.5. The van der Waals surface area contributed by atoms with Gasteiger partial charge in [-0.25, -0.2) is 4.98 Å².